The minimum absolute atomic E-state index is 0.0252. The lowest BCUT2D eigenvalue weighted by Gasteiger charge is -2.14. The normalized spacial score (nSPS) is 13.4. The Morgan fingerprint density at radius 3 is 2.50 bits per heavy atom. The van der Waals surface area contributed by atoms with E-state index in [4.69, 9.17) is 11.2 Å². The summed E-state index contributed by atoms with van der Waals surface area (Å²) >= 11 is 5.28. The first-order valence-electron chi connectivity index (χ1n) is 4.60. The van der Waals surface area contributed by atoms with Crippen molar-refractivity contribution >= 4 is 29.3 Å². The summed E-state index contributed by atoms with van der Waals surface area (Å²) < 4.78 is 66.0. The Bertz CT molecular complexity index is 530. The molecule has 0 heterocycles. The molecule has 0 aliphatic carbocycles. The summed E-state index contributed by atoms with van der Waals surface area (Å²) in [5.41, 5.74) is -1.26. The van der Waals surface area contributed by atoms with E-state index in [1.807, 2.05) is 0 Å². The predicted octanol–water partition coefficient (Wildman–Crippen LogP) is 3.51. The van der Waals surface area contributed by atoms with Crippen LogP contribution in [0.2, 0.25) is 0 Å². The third-order valence-corrected chi connectivity index (χ3v) is 4.30. The molecular formula is C9H9ClF3O3PS. The van der Waals surface area contributed by atoms with Gasteiger partial charge < -0.3 is 0 Å². The summed E-state index contributed by atoms with van der Waals surface area (Å²) in [7, 11) is -4.82. The summed E-state index contributed by atoms with van der Waals surface area (Å²) in [6.45, 7) is 1.27. The molecule has 0 saturated carbocycles. The standard InChI is InChI=1S/C9H9ClF3O3PS/c1-6-3-2-4-7(9(11,12)13)8(6)18(14,15)16-5-17-10/h2-4,17H,5H2,1H3. The van der Waals surface area contributed by atoms with Crippen LogP contribution >= 0.6 is 19.2 Å². The molecule has 18 heavy (non-hydrogen) atoms. The van der Waals surface area contributed by atoms with E-state index in [1.54, 1.807) is 0 Å². The Morgan fingerprint density at radius 1 is 1.39 bits per heavy atom. The fraction of sp³-hybridized carbons (Fsp3) is 0.333. The molecule has 0 N–H and O–H groups in total. The quantitative estimate of drug-likeness (QED) is 0.630. The van der Waals surface area contributed by atoms with Crippen molar-refractivity contribution in [3.63, 3.8) is 0 Å². The summed E-state index contributed by atoms with van der Waals surface area (Å²) in [5.74, 6) is 0. The molecule has 0 spiro atoms. The molecule has 1 rings (SSSR count). The second-order valence-electron chi connectivity index (χ2n) is 3.30. The predicted molar refractivity (Wildman–Crippen MR) is 63.5 cm³/mol. The zero-order valence-corrected chi connectivity index (χ0v) is 11.7. The molecule has 1 aromatic carbocycles. The minimum atomic E-state index is -4.76. The van der Waals surface area contributed by atoms with Gasteiger partial charge in [-0.2, -0.15) is 21.6 Å². The van der Waals surface area contributed by atoms with Gasteiger partial charge in [0.05, 0.1) is 11.9 Å². The fourth-order valence-corrected chi connectivity index (χ4v) is 3.60. The van der Waals surface area contributed by atoms with Crippen molar-refractivity contribution in [1.82, 2.24) is 0 Å². The first kappa shape index (κ1) is 15.7. The highest BCUT2D eigenvalue weighted by Gasteiger charge is 2.38. The summed E-state index contributed by atoms with van der Waals surface area (Å²) in [5, 5.41) is 0. The fourth-order valence-electron chi connectivity index (χ4n) is 1.37. The van der Waals surface area contributed by atoms with Gasteiger partial charge in [-0.3, -0.25) is 4.18 Å². The Labute approximate surface area is 109 Å². The highest BCUT2D eigenvalue weighted by atomic mass is 35.7. The zero-order chi connectivity index (χ0) is 14.0. The highest BCUT2D eigenvalue weighted by Crippen LogP contribution is 2.36. The van der Waals surface area contributed by atoms with Crippen LogP contribution in [0.15, 0.2) is 23.1 Å². The van der Waals surface area contributed by atoms with Gasteiger partial charge in [-0.1, -0.05) is 23.4 Å². The van der Waals surface area contributed by atoms with Gasteiger partial charge in [0.25, 0.3) is 10.1 Å². The van der Waals surface area contributed by atoms with E-state index in [0.717, 1.165) is 6.07 Å². The zero-order valence-electron chi connectivity index (χ0n) is 9.08. The topological polar surface area (TPSA) is 43.4 Å². The molecular weight excluding hydrogens is 312 g/mol. The maximum absolute atomic E-state index is 12.7. The van der Waals surface area contributed by atoms with Crippen molar-refractivity contribution in [2.75, 3.05) is 6.35 Å². The van der Waals surface area contributed by atoms with Crippen LogP contribution in [0.4, 0.5) is 13.2 Å². The summed E-state index contributed by atoms with van der Waals surface area (Å²) in [6, 6.07) is 3.11. The van der Waals surface area contributed by atoms with Crippen molar-refractivity contribution in [2.24, 2.45) is 0 Å². The molecule has 0 amide bonds. The first-order valence-corrected chi connectivity index (χ1v) is 8.22. The molecule has 0 fully saturated rings. The molecule has 1 atom stereocenters. The average Bonchev–Trinajstić information content (AvgIpc) is 2.24. The number of aryl methyl sites for hydroxylation is 1. The molecule has 9 heteroatoms. The van der Waals surface area contributed by atoms with Crippen LogP contribution in [0.3, 0.4) is 0 Å². The van der Waals surface area contributed by atoms with Gasteiger partial charge in [0.1, 0.15) is 4.90 Å². The van der Waals surface area contributed by atoms with Crippen LogP contribution in [0.5, 0.6) is 0 Å². The largest absolute Gasteiger partial charge is 0.417 e. The number of benzene rings is 1. The summed E-state index contributed by atoms with van der Waals surface area (Å²) in [6.07, 6.45) is -5.11. The monoisotopic (exact) mass is 320 g/mol. The molecule has 0 radical (unpaired) electrons. The van der Waals surface area contributed by atoms with Gasteiger partial charge in [0.15, 0.2) is 0 Å². The van der Waals surface area contributed by atoms with Crippen LogP contribution in [0, 0.1) is 6.92 Å². The Morgan fingerprint density at radius 2 is 2.00 bits per heavy atom. The van der Waals surface area contributed by atoms with Gasteiger partial charge in [0, 0.05) is 7.93 Å². The van der Waals surface area contributed by atoms with E-state index in [2.05, 4.69) is 4.18 Å². The Hall–Kier alpha value is -0.360. The summed E-state index contributed by atoms with van der Waals surface area (Å²) in [4.78, 5) is -0.854. The Kier molecular flexibility index (Phi) is 5.00. The van der Waals surface area contributed by atoms with Gasteiger partial charge in [-0.25, -0.2) is 0 Å². The van der Waals surface area contributed by atoms with Gasteiger partial charge in [-0.15, -0.1) is 0 Å². The van der Waals surface area contributed by atoms with Gasteiger partial charge in [-0.05, 0) is 18.6 Å². The number of rotatable bonds is 4. The molecule has 1 unspecified atom stereocenters. The van der Waals surface area contributed by atoms with E-state index < -0.39 is 26.8 Å². The van der Waals surface area contributed by atoms with Crippen LogP contribution in [-0.4, -0.2) is 14.8 Å². The minimum Gasteiger partial charge on any atom is -0.261 e. The lowest BCUT2D eigenvalue weighted by atomic mass is 10.1. The van der Waals surface area contributed by atoms with Gasteiger partial charge >= 0.3 is 6.18 Å². The van der Waals surface area contributed by atoms with E-state index in [9.17, 15) is 21.6 Å². The number of alkyl halides is 3. The molecule has 0 bridgehead atoms. The molecule has 0 aromatic heterocycles. The lowest BCUT2D eigenvalue weighted by Crippen LogP contribution is -2.16. The van der Waals surface area contributed by atoms with Crippen LogP contribution in [0.1, 0.15) is 11.1 Å². The highest BCUT2D eigenvalue weighted by molar-refractivity contribution is 7.87. The third-order valence-electron chi connectivity index (χ3n) is 2.04. The van der Waals surface area contributed by atoms with Crippen LogP contribution < -0.4 is 0 Å². The smallest absolute Gasteiger partial charge is 0.261 e. The van der Waals surface area contributed by atoms with Crippen LogP contribution in [0.25, 0.3) is 0 Å². The molecule has 0 saturated heterocycles. The SMILES string of the molecule is Cc1cccc(C(F)(F)F)c1S(=O)(=O)OCPCl. The number of halogens is 4. The first-order chi connectivity index (χ1) is 8.20. The number of hydrogen-bond acceptors (Lipinski definition) is 3. The average molecular weight is 321 g/mol. The molecule has 0 aliphatic rings. The van der Waals surface area contributed by atoms with E-state index in [-0.39, 0.29) is 19.8 Å². The third kappa shape index (κ3) is 3.57. The maximum Gasteiger partial charge on any atom is 0.417 e. The van der Waals surface area contributed by atoms with Crippen molar-refractivity contribution in [3.8, 4) is 0 Å². The molecule has 102 valence electrons. The molecule has 3 nitrogen and oxygen atoms in total. The van der Waals surface area contributed by atoms with Crippen molar-refractivity contribution < 1.29 is 25.8 Å². The number of hydrogen-bond donors (Lipinski definition) is 0. The van der Waals surface area contributed by atoms with Crippen molar-refractivity contribution in [2.45, 2.75) is 18.0 Å². The van der Waals surface area contributed by atoms with E-state index >= 15 is 0 Å². The second kappa shape index (κ2) is 5.74. The molecule has 0 aliphatic heterocycles. The van der Waals surface area contributed by atoms with E-state index in [0.29, 0.717) is 6.07 Å². The van der Waals surface area contributed by atoms with Crippen LogP contribution in [-0.2, 0) is 20.5 Å². The lowest BCUT2D eigenvalue weighted by molar-refractivity contribution is -0.140. The van der Waals surface area contributed by atoms with E-state index in [1.165, 1.54) is 13.0 Å². The van der Waals surface area contributed by atoms with Crippen molar-refractivity contribution in [1.29, 1.82) is 0 Å². The molecule has 1 aromatic rings. The second-order valence-corrected chi connectivity index (χ2v) is 6.21. The van der Waals surface area contributed by atoms with Crippen molar-refractivity contribution in [3.05, 3.63) is 29.3 Å². The van der Waals surface area contributed by atoms with Gasteiger partial charge in [0.2, 0.25) is 0 Å². The Balaban J connectivity index is 3.40. The maximum atomic E-state index is 12.7.